The molecule has 9 atom stereocenters. The lowest BCUT2D eigenvalue weighted by atomic mass is 9.73. The molecule has 1 saturated carbocycles. The fourth-order valence-electron chi connectivity index (χ4n) is 12.0. The van der Waals surface area contributed by atoms with Crippen molar-refractivity contribution >= 4 is 71.2 Å². The standard InChI is InChI=1S/C58H70N2O10S4/c1-34(64)30-59-50-29-46-38(19-22-62)24-41-32-71-73-54(23-35-7-4-3-5-8-35)58-20-18-39(26-53(58)68)52(70-57(47(46)25-40(50)31-63)60-49(41)9-6-21-61)28-43(66)15-11-37-13-17-51(67)56(69-2)55(37)44-16-12-36-10-14-42(65)27-45(36)48(44)33-72-74-58/h3-5,7-8,10,12-14,16-17,25,27,29,38-39,41,49,52-54,57,59-63,65,67-68H,6,9,11,15,18-24,26,28,30-33H2,1-2H3. The number of benzene rings is 5. The fraction of sp³-hybridized carbons (Fsp3) is 0.483. The molecular weight excluding hydrogens is 1010 g/mol. The minimum Gasteiger partial charge on any atom is -0.508 e. The molecule has 0 amide bonds. The van der Waals surface area contributed by atoms with Gasteiger partial charge in [-0.3, -0.25) is 14.9 Å². The highest BCUT2D eigenvalue weighted by Gasteiger charge is 2.52. The number of anilines is 1. The van der Waals surface area contributed by atoms with Crippen molar-refractivity contribution in [3.05, 3.63) is 118 Å². The Morgan fingerprint density at radius 1 is 0.919 bits per heavy atom. The van der Waals surface area contributed by atoms with Gasteiger partial charge in [-0.1, -0.05) is 97.8 Å². The number of aryl methyl sites for hydroxylation is 1. The highest BCUT2D eigenvalue weighted by atomic mass is 33.1. The molecule has 8 N–H and O–H groups in total. The lowest BCUT2D eigenvalue weighted by Gasteiger charge is -2.50. The molecule has 4 heterocycles. The summed E-state index contributed by atoms with van der Waals surface area (Å²) in [6.45, 7) is 1.25. The van der Waals surface area contributed by atoms with Crippen LogP contribution in [0.5, 0.6) is 17.2 Å². The van der Waals surface area contributed by atoms with Crippen LogP contribution in [-0.4, -0.2) is 103 Å². The topological polar surface area (TPSA) is 198 Å². The minimum absolute atomic E-state index is 0.0124. The first-order valence-corrected chi connectivity index (χ1v) is 30.7. The van der Waals surface area contributed by atoms with Crippen molar-refractivity contribution in [3.63, 3.8) is 0 Å². The average Bonchev–Trinajstić information content (AvgIpc) is 3.39. The minimum atomic E-state index is -0.795. The zero-order valence-corrected chi connectivity index (χ0v) is 45.4. The summed E-state index contributed by atoms with van der Waals surface area (Å²) < 4.78 is 12.8. The van der Waals surface area contributed by atoms with Crippen molar-refractivity contribution in [2.24, 2.45) is 11.8 Å². The molecule has 1 aliphatic carbocycles. The Balaban J connectivity index is 1.23. The number of phenols is 2. The quantitative estimate of drug-likeness (QED) is 0.0549. The molecule has 0 radical (unpaired) electrons. The van der Waals surface area contributed by atoms with Crippen LogP contribution in [0.25, 0.3) is 21.9 Å². The van der Waals surface area contributed by atoms with Crippen LogP contribution in [0.4, 0.5) is 5.69 Å². The average molecular weight is 1080 g/mol. The van der Waals surface area contributed by atoms with Crippen molar-refractivity contribution in [2.45, 2.75) is 130 Å². The van der Waals surface area contributed by atoms with E-state index in [1.165, 1.54) is 19.6 Å². The van der Waals surface area contributed by atoms with E-state index in [-0.39, 0.29) is 91.3 Å². The number of methoxy groups -OCH3 is 1. The predicted molar refractivity (Wildman–Crippen MR) is 301 cm³/mol. The van der Waals surface area contributed by atoms with Gasteiger partial charge < -0.3 is 45.4 Å². The van der Waals surface area contributed by atoms with E-state index in [0.717, 1.165) is 44.3 Å². The molecule has 3 fully saturated rings. The van der Waals surface area contributed by atoms with Crippen molar-refractivity contribution in [3.8, 4) is 28.4 Å². The molecule has 0 aromatic heterocycles. The Bertz CT molecular complexity index is 2770. The molecule has 2 saturated heterocycles. The van der Waals surface area contributed by atoms with E-state index in [4.69, 9.17) is 9.47 Å². The van der Waals surface area contributed by atoms with Gasteiger partial charge in [0.05, 0.1) is 37.2 Å². The maximum absolute atomic E-state index is 14.9. The first kappa shape index (κ1) is 54.8. The third-order valence-electron chi connectivity index (χ3n) is 15.8. The highest BCUT2D eigenvalue weighted by molar-refractivity contribution is 8.78. The number of aliphatic hydroxyl groups is 4. The summed E-state index contributed by atoms with van der Waals surface area (Å²) in [6.07, 6.45) is 3.19. The molecule has 74 heavy (non-hydrogen) atoms. The number of hydrogen-bond acceptors (Lipinski definition) is 16. The SMILES string of the molecule is COc1c(O)ccc2c1-c1ccc3ccc(O)cc3c1CSSC13CCC(CC1O)C(CC(=O)CC2)OC1NC(CCCO)C(CSSC3Cc2ccccc2)CC(CCO)c2cc(NCC(C)=O)c(CO)cc21. The Kier molecular flexibility index (Phi) is 18.5. The van der Waals surface area contributed by atoms with Crippen LogP contribution in [0.1, 0.15) is 110 Å². The van der Waals surface area contributed by atoms with E-state index in [2.05, 4.69) is 34.9 Å². The molecule has 12 nitrogen and oxygen atoms in total. The van der Waals surface area contributed by atoms with Crippen LogP contribution in [0.3, 0.4) is 0 Å². The summed E-state index contributed by atoms with van der Waals surface area (Å²) >= 11 is 0. The van der Waals surface area contributed by atoms with Crippen LogP contribution in [0.15, 0.2) is 84.9 Å². The number of aliphatic hydroxyl groups excluding tert-OH is 4. The van der Waals surface area contributed by atoms with Crippen molar-refractivity contribution in [1.82, 2.24) is 5.32 Å². The van der Waals surface area contributed by atoms with E-state index in [1.807, 2.05) is 64.1 Å². The van der Waals surface area contributed by atoms with E-state index in [1.54, 1.807) is 39.8 Å². The molecule has 5 aromatic rings. The molecule has 396 valence electrons. The zero-order chi connectivity index (χ0) is 51.9. The predicted octanol–water partition coefficient (Wildman–Crippen LogP) is 10.4. The van der Waals surface area contributed by atoms with Crippen LogP contribution in [0, 0.1) is 11.8 Å². The fourth-order valence-corrected chi connectivity index (χ4v) is 19.5. The van der Waals surface area contributed by atoms with Gasteiger partial charge in [0.2, 0.25) is 0 Å². The molecule has 5 bridgehead atoms. The van der Waals surface area contributed by atoms with Crippen LogP contribution in [-0.2, 0) is 39.5 Å². The molecule has 5 aromatic carbocycles. The first-order chi connectivity index (χ1) is 35.9. The molecule has 0 spiro atoms. The Morgan fingerprint density at radius 2 is 1.74 bits per heavy atom. The molecule has 10 rings (SSSR count). The van der Waals surface area contributed by atoms with E-state index < -0.39 is 23.2 Å². The number of ketones is 2. The van der Waals surface area contributed by atoms with Gasteiger partial charge in [0.25, 0.3) is 0 Å². The van der Waals surface area contributed by atoms with Gasteiger partial charge in [-0.2, -0.15) is 0 Å². The lowest BCUT2D eigenvalue weighted by Crippen LogP contribution is -2.54. The van der Waals surface area contributed by atoms with Gasteiger partial charge in [0, 0.05) is 65.7 Å². The molecule has 4 aliphatic heterocycles. The van der Waals surface area contributed by atoms with Crippen molar-refractivity contribution < 1.29 is 49.7 Å². The molecule has 9 unspecified atom stereocenters. The number of Topliss-reactive ketones (excluding diaryl/α,β-unsaturated/α-hetero) is 2. The summed E-state index contributed by atoms with van der Waals surface area (Å²) in [6, 6.07) is 27.2. The largest absolute Gasteiger partial charge is 0.508 e. The van der Waals surface area contributed by atoms with Gasteiger partial charge >= 0.3 is 0 Å². The number of nitrogens with one attached hydrogen (secondary N) is 2. The number of hydrogen-bond donors (Lipinski definition) is 8. The Labute approximate surface area is 450 Å². The van der Waals surface area contributed by atoms with Gasteiger partial charge in [0.1, 0.15) is 23.5 Å². The molecule has 5 aliphatic rings. The van der Waals surface area contributed by atoms with Crippen LogP contribution < -0.4 is 15.4 Å². The maximum atomic E-state index is 14.9. The van der Waals surface area contributed by atoms with Crippen LogP contribution in [0.2, 0.25) is 0 Å². The second-order valence-electron chi connectivity index (χ2n) is 20.6. The monoisotopic (exact) mass is 1080 g/mol. The van der Waals surface area contributed by atoms with Gasteiger partial charge in [-0.15, -0.1) is 0 Å². The van der Waals surface area contributed by atoms with Crippen molar-refractivity contribution in [1.29, 1.82) is 0 Å². The molecule has 16 heteroatoms. The number of carbonyl (C=O) groups is 2. The molecular formula is C58H70N2O10S4. The van der Waals surface area contributed by atoms with Gasteiger partial charge in [0.15, 0.2) is 11.5 Å². The summed E-state index contributed by atoms with van der Waals surface area (Å²) in [5.74, 6) is 1.24. The maximum Gasteiger partial charge on any atom is 0.168 e. The van der Waals surface area contributed by atoms with Gasteiger partial charge in [-0.05, 0) is 157 Å². The number of carbonyl (C=O) groups excluding carboxylic acids is 2. The third kappa shape index (κ3) is 12.1. The Hall–Kier alpha value is -3.94. The third-order valence-corrected chi connectivity index (χ3v) is 22.3. The second-order valence-corrected chi connectivity index (χ2v) is 25.8. The van der Waals surface area contributed by atoms with E-state index in [9.17, 15) is 40.2 Å². The van der Waals surface area contributed by atoms with Crippen molar-refractivity contribution in [2.75, 3.05) is 37.9 Å². The summed E-state index contributed by atoms with van der Waals surface area (Å²) in [7, 11) is 8.64. The Morgan fingerprint density at radius 3 is 2.50 bits per heavy atom. The van der Waals surface area contributed by atoms with Crippen LogP contribution >= 0.6 is 43.2 Å². The highest BCUT2D eigenvalue weighted by Crippen LogP contribution is 2.58. The normalized spacial score (nSPS) is 26.6. The summed E-state index contributed by atoms with van der Waals surface area (Å²) in [4.78, 5) is 27.2. The first-order valence-electron chi connectivity index (χ1n) is 26.0. The van der Waals surface area contributed by atoms with E-state index in [0.29, 0.717) is 86.1 Å². The number of phenolic OH excluding ortho intramolecular Hbond substituents is 2. The number of ether oxygens (including phenoxy) is 2. The smallest absolute Gasteiger partial charge is 0.168 e. The number of rotatable bonds is 12. The second kappa shape index (κ2) is 25.0. The zero-order valence-electron chi connectivity index (χ0n) is 42.2. The number of aromatic hydroxyl groups is 2. The van der Waals surface area contributed by atoms with E-state index >= 15 is 0 Å². The van der Waals surface area contributed by atoms with Gasteiger partial charge in [-0.25, -0.2) is 0 Å². The number of fused-ring (bicyclic) bond motifs is 10. The lowest BCUT2D eigenvalue weighted by molar-refractivity contribution is -0.130. The summed E-state index contributed by atoms with van der Waals surface area (Å²) in [5, 5.41) is 76.4. The summed E-state index contributed by atoms with van der Waals surface area (Å²) in [5.41, 5.74) is 7.42.